The number of rotatable bonds is 3. The van der Waals surface area contributed by atoms with Crippen LogP contribution < -0.4 is 5.73 Å². The van der Waals surface area contributed by atoms with E-state index in [1.54, 1.807) is 7.05 Å². The van der Waals surface area contributed by atoms with Crippen molar-refractivity contribution in [2.45, 2.75) is 30.3 Å². The Morgan fingerprint density at radius 1 is 1.53 bits per heavy atom. The van der Waals surface area contributed by atoms with Gasteiger partial charge in [-0.1, -0.05) is 11.6 Å². The van der Waals surface area contributed by atoms with E-state index in [0.717, 1.165) is 19.3 Å². The molecule has 96 valence electrons. The van der Waals surface area contributed by atoms with Crippen LogP contribution in [0.15, 0.2) is 11.2 Å². The van der Waals surface area contributed by atoms with Gasteiger partial charge in [-0.25, -0.2) is 13.1 Å². The second-order valence-corrected chi connectivity index (χ2v) is 6.03. The number of piperidine rings is 1. The highest BCUT2D eigenvalue weighted by molar-refractivity contribution is 7.89. The third-order valence-electron chi connectivity index (χ3n) is 3.09. The molecule has 0 radical (unpaired) electrons. The van der Waals surface area contributed by atoms with E-state index in [4.69, 9.17) is 5.73 Å². The summed E-state index contributed by atoms with van der Waals surface area (Å²) in [5.41, 5.74) is 5.64. The maximum atomic E-state index is 12.4. The molecule has 2 N–H and O–H groups in total. The first kappa shape index (κ1) is 12.5. The van der Waals surface area contributed by atoms with Crippen molar-refractivity contribution >= 4 is 10.0 Å². The Morgan fingerprint density at radius 3 is 2.88 bits per heavy atom. The van der Waals surface area contributed by atoms with Crippen molar-refractivity contribution in [2.24, 2.45) is 12.8 Å². The van der Waals surface area contributed by atoms with Crippen LogP contribution in [0.5, 0.6) is 0 Å². The average molecular weight is 259 g/mol. The van der Waals surface area contributed by atoms with E-state index in [-0.39, 0.29) is 11.1 Å². The van der Waals surface area contributed by atoms with Gasteiger partial charge in [-0.2, -0.15) is 4.31 Å². The molecule has 0 amide bonds. The molecule has 17 heavy (non-hydrogen) atoms. The first-order chi connectivity index (χ1) is 8.07. The van der Waals surface area contributed by atoms with E-state index in [9.17, 15) is 8.42 Å². The number of sulfonamides is 1. The molecular weight excluding hydrogens is 242 g/mol. The quantitative estimate of drug-likeness (QED) is 0.776. The Labute approximate surface area is 101 Å². The summed E-state index contributed by atoms with van der Waals surface area (Å²) in [6, 6.07) is -0.108. The van der Waals surface area contributed by atoms with Crippen LogP contribution in [0.3, 0.4) is 0 Å². The molecular formula is C9H17N5O2S. The molecule has 0 bridgehead atoms. The summed E-state index contributed by atoms with van der Waals surface area (Å²) < 4.78 is 27.6. The molecule has 2 heterocycles. The van der Waals surface area contributed by atoms with Crippen molar-refractivity contribution in [3.8, 4) is 0 Å². The zero-order valence-electron chi connectivity index (χ0n) is 9.78. The minimum absolute atomic E-state index is 0.108. The Balaban J connectivity index is 2.34. The third-order valence-corrected chi connectivity index (χ3v) is 5.09. The summed E-state index contributed by atoms with van der Waals surface area (Å²) in [7, 11) is -1.95. The standard InChI is InChI=1S/C9H17N5O2S/c1-13-9(7-11-12-13)17(15,16)14-5-3-2-4-8(14)6-10/h7-8H,2-6,10H2,1H3. The Hall–Kier alpha value is -0.990. The summed E-state index contributed by atoms with van der Waals surface area (Å²) in [6.07, 6.45) is 4.00. The highest BCUT2D eigenvalue weighted by atomic mass is 32.2. The number of aryl methyl sites for hydroxylation is 1. The number of nitrogens with two attached hydrogens (primary N) is 1. The Morgan fingerprint density at radius 2 is 2.29 bits per heavy atom. The van der Waals surface area contributed by atoms with Crippen molar-refractivity contribution in [1.82, 2.24) is 19.3 Å². The van der Waals surface area contributed by atoms with Gasteiger partial charge in [-0.05, 0) is 12.8 Å². The number of hydrogen-bond acceptors (Lipinski definition) is 5. The van der Waals surface area contributed by atoms with E-state index in [1.165, 1.54) is 15.2 Å². The molecule has 1 aromatic rings. The first-order valence-electron chi connectivity index (χ1n) is 5.64. The molecule has 0 spiro atoms. The topological polar surface area (TPSA) is 94.1 Å². The molecule has 7 nitrogen and oxygen atoms in total. The normalized spacial score (nSPS) is 22.8. The summed E-state index contributed by atoms with van der Waals surface area (Å²) >= 11 is 0. The highest BCUT2D eigenvalue weighted by Crippen LogP contribution is 2.23. The van der Waals surface area contributed by atoms with E-state index in [1.807, 2.05) is 0 Å². The fourth-order valence-corrected chi connectivity index (χ4v) is 3.90. The molecule has 1 unspecified atom stereocenters. The summed E-state index contributed by atoms with van der Waals surface area (Å²) in [5.74, 6) is 0. The molecule has 1 aliphatic heterocycles. The van der Waals surface area contributed by atoms with Crippen LogP contribution in [0, 0.1) is 0 Å². The second-order valence-electron chi connectivity index (χ2n) is 4.20. The number of nitrogens with zero attached hydrogens (tertiary/aromatic N) is 4. The number of hydrogen-bond donors (Lipinski definition) is 1. The largest absolute Gasteiger partial charge is 0.329 e. The van der Waals surface area contributed by atoms with Crippen molar-refractivity contribution in [3.63, 3.8) is 0 Å². The van der Waals surface area contributed by atoms with Crippen molar-refractivity contribution in [2.75, 3.05) is 13.1 Å². The maximum absolute atomic E-state index is 12.4. The summed E-state index contributed by atoms with van der Waals surface area (Å²) in [5, 5.41) is 7.39. The summed E-state index contributed by atoms with van der Waals surface area (Å²) in [4.78, 5) is 0. The van der Waals surface area contributed by atoms with Gasteiger partial charge in [0.2, 0.25) is 0 Å². The number of aromatic nitrogens is 3. The van der Waals surface area contributed by atoms with E-state index < -0.39 is 10.0 Å². The van der Waals surface area contributed by atoms with Gasteiger partial charge in [0.25, 0.3) is 10.0 Å². The lowest BCUT2D eigenvalue weighted by molar-refractivity contribution is 0.256. The van der Waals surface area contributed by atoms with Gasteiger partial charge >= 0.3 is 0 Å². The van der Waals surface area contributed by atoms with Crippen LogP contribution in [0.1, 0.15) is 19.3 Å². The van der Waals surface area contributed by atoms with Crippen molar-refractivity contribution in [3.05, 3.63) is 6.20 Å². The fraction of sp³-hybridized carbons (Fsp3) is 0.778. The van der Waals surface area contributed by atoms with Crippen LogP contribution in [0.2, 0.25) is 0 Å². The molecule has 1 atom stereocenters. The molecule has 0 saturated carbocycles. The van der Waals surface area contributed by atoms with Crippen LogP contribution in [0.25, 0.3) is 0 Å². The smallest absolute Gasteiger partial charge is 0.262 e. The zero-order valence-corrected chi connectivity index (χ0v) is 10.6. The van der Waals surface area contributed by atoms with Crippen molar-refractivity contribution < 1.29 is 8.42 Å². The minimum atomic E-state index is -3.52. The highest BCUT2D eigenvalue weighted by Gasteiger charge is 2.34. The minimum Gasteiger partial charge on any atom is -0.329 e. The fourth-order valence-electron chi connectivity index (χ4n) is 2.16. The van der Waals surface area contributed by atoms with Gasteiger partial charge in [0.15, 0.2) is 5.03 Å². The first-order valence-corrected chi connectivity index (χ1v) is 7.08. The lowest BCUT2D eigenvalue weighted by Gasteiger charge is -2.33. The van der Waals surface area contributed by atoms with Gasteiger partial charge in [-0.3, -0.25) is 0 Å². The van der Waals surface area contributed by atoms with Gasteiger partial charge < -0.3 is 5.73 Å². The predicted molar refractivity (Wildman–Crippen MR) is 61.6 cm³/mol. The molecule has 8 heteroatoms. The van der Waals surface area contributed by atoms with Crippen LogP contribution in [-0.2, 0) is 17.1 Å². The van der Waals surface area contributed by atoms with E-state index in [2.05, 4.69) is 10.3 Å². The molecule has 1 fully saturated rings. The van der Waals surface area contributed by atoms with Crippen LogP contribution in [-0.4, -0.2) is 46.8 Å². The summed E-state index contributed by atoms with van der Waals surface area (Å²) in [6.45, 7) is 0.875. The van der Waals surface area contributed by atoms with Gasteiger partial charge in [0.1, 0.15) is 0 Å². The maximum Gasteiger partial charge on any atom is 0.262 e. The third kappa shape index (κ3) is 2.20. The van der Waals surface area contributed by atoms with E-state index in [0.29, 0.717) is 13.1 Å². The predicted octanol–water partition coefficient (Wildman–Crippen LogP) is -0.683. The van der Waals surface area contributed by atoms with Crippen LogP contribution >= 0.6 is 0 Å². The zero-order chi connectivity index (χ0) is 12.5. The van der Waals surface area contributed by atoms with Crippen LogP contribution in [0.4, 0.5) is 0 Å². The Kier molecular flexibility index (Phi) is 3.45. The lowest BCUT2D eigenvalue weighted by atomic mass is 10.1. The SMILES string of the molecule is Cn1nncc1S(=O)(=O)N1CCCCC1CN. The lowest BCUT2D eigenvalue weighted by Crippen LogP contribution is -2.47. The Bertz CT molecular complexity index is 483. The van der Waals surface area contributed by atoms with Gasteiger partial charge in [0, 0.05) is 26.2 Å². The second kappa shape index (κ2) is 4.71. The van der Waals surface area contributed by atoms with E-state index >= 15 is 0 Å². The molecule has 1 saturated heterocycles. The molecule has 1 aromatic heterocycles. The average Bonchev–Trinajstić information content (AvgIpc) is 2.76. The van der Waals surface area contributed by atoms with Gasteiger partial charge in [-0.15, -0.1) is 5.10 Å². The van der Waals surface area contributed by atoms with Crippen molar-refractivity contribution in [1.29, 1.82) is 0 Å². The monoisotopic (exact) mass is 259 g/mol. The molecule has 1 aliphatic rings. The molecule has 0 aliphatic carbocycles. The van der Waals surface area contributed by atoms with Gasteiger partial charge in [0.05, 0.1) is 6.20 Å². The molecule has 2 rings (SSSR count). The molecule has 0 aromatic carbocycles.